The predicted molar refractivity (Wildman–Crippen MR) is 102 cm³/mol. The first-order chi connectivity index (χ1) is 14.7. The van der Waals surface area contributed by atoms with E-state index < -0.39 is 23.6 Å². The molecule has 0 saturated heterocycles. The minimum absolute atomic E-state index is 0.0267. The van der Waals surface area contributed by atoms with Gasteiger partial charge in [-0.15, -0.1) is 0 Å². The van der Waals surface area contributed by atoms with Gasteiger partial charge in [-0.05, 0) is 30.3 Å². The second-order valence-corrected chi connectivity index (χ2v) is 6.50. The van der Waals surface area contributed by atoms with Crippen LogP contribution in [0.15, 0.2) is 53.1 Å². The molecule has 7 nitrogen and oxygen atoms in total. The number of hydrogen-bond donors (Lipinski definition) is 1. The van der Waals surface area contributed by atoms with Gasteiger partial charge in [0.25, 0.3) is 5.89 Å². The van der Waals surface area contributed by atoms with Crippen LogP contribution >= 0.6 is 0 Å². The van der Waals surface area contributed by atoms with Crippen molar-refractivity contribution >= 4 is 11.7 Å². The molecule has 1 N–H and O–H groups in total. The van der Waals surface area contributed by atoms with Gasteiger partial charge in [-0.2, -0.15) is 18.2 Å². The molecule has 1 aromatic heterocycles. The third-order valence-electron chi connectivity index (χ3n) is 4.16. The van der Waals surface area contributed by atoms with Crippen molar-refractivity contribution in [2.45, 2.75) is 19.2 Å². The third kappa shape index (κ3) is 6.17. The average molecular weight is 438 g/mol. The molecule has 0 spiro atoms. The zero-order valence-corrected chi connectivity index (χ0v) is 16.3. The smallest absolute Gasteiger partial charge is 0.416 e. The summed E-state index contributed by atoms with van der Waals surface area (Å²) in [5.74, 6) is -0.0379. The van der Waals surface area contributed by atoms with E-state index in [1.165, 1.54) is 42.3 Å². The van der Waals surface area contributed by atoms with Crippen molar-refractivity contribution < 1.29 is 31.6 Å². The number of carbonyl (C=O) groups excluding carboxylic acids is 1. The molecule has 0 aliphatic rings. The van der Waals surface area contributed by atoms with Crippen molar-refractivity contribution in [2.24, 2.45) is 0 Å². The SMILES string of the molecule is CN(CCc1noc(COc2ccccc2F)n1)C(=O)Nc1cccc(C(F)(F)F)c1. The molecule has 11 heteroatoms. The number of para-hydroxylation sites is 1. The molecule has 164 valence electrons. The zero-order chi connectivity index (χ0) is 22.4. The second kappa shape index (κ2) is 9.45. The highest BCUT2D eigenvalue weighted by atomic mass is 19.4. The van der Waals surface area contributed by atoms with Crippen LogP contribution in [0.4, 0.5) is 28.0 Å². The van der Waals surface area contributed by atoms with Crippen molar-refractivity contribution in [2.75, 3.05) is 18.9 Å². The number of nitrogens with one attached hydrogen (secondary N) is 1. The maximum absolute atomic E-state index is 13.5. The molecule has 0 saturated carbocycles. The molecule has 0 radical (unpaired) electrons. The molecule has 2 aromatic carbocycles. The number of halogens is 4. The molecule has 1 heterocycles. The van der Waals surface area contributed by atoms with Gasteiger partial charge in [-0.25, -0.2) is 9.18 Å². The summed E-state index contributed by atoms with van der Waals surface area (Å²) in [6.45, 7) is 0.0533. The molecule has 0 fully saturated rings. The van der Waals surface area contributed by atoms with E-state index in [-0.39, 0.29) is 36.9 Å². The van der Waals surface area contributed by atoms with Crippen LogP contribution in [0.2, 0.25) is 0 Å². The number of anilines is 1. The van der Waals surface area contributed by atoms with E-state index in [1.807, 2.05) is 0 Å². The molecule has 0 unspecified atom stereocenters. The summed E-state index contributed by atoms with van der Waals surface area (Å²) in [6, 6.07) is 9.64. The number of carbonyl (C=O) groups is 1. The fraction of sp³-hybridized carbons (Fsp3) is 0.250. The van der Waals surface area contributed by atoms with Gasteiger partial charge in [0.2, 0.25) is 0 Å². The molecule has 31 heavy (non-hydrogen) atoms. The molecule has 0 bridgehead atoms. The Morgan fingerprint density at radius 2 is 1.97 bits per heavy atom. The van der Waals surface area contributed by atoms with E-state index in [9.17, 15) is 22.4 Å². The van der Waals surface area contributed by atoms with E-state index in [2.05, 4.69) is 15.5 Å². The average Bonchev–Trinajstić information content (AvgIpc) is 3.19. The minimum atomic E-state index is -4.50. The first-order valence-electron chi connectivity index (χ1n) is 9.10. The standard InChI is InChI=1S/C20H18F4N4O3/c1-28(19(29)25-14-6-4-5-13(11-14)20(22,23)24)10-9-17-26-18(31-27-17)12-30-16-8-3-2-7-15(16)21/h2-8,11H,9-10,12H2,1H3,(H,25,29). The normalized spacial score (nSPS) is 11.3. The maximum Gasteiger partial charge on any atom is 0.416 e. The third-order valence-corrected chi connectivity index (χ3v) is 4.16. The van der Waals surface area contributed by atoms with Crippen molar-refractivity contribution in [3.8, 4) is 5.75 Å². The Morgan fingerprint density at radius 3 is 2.71 bits per heavy atom. The van der Waals surface area contributed by atoms with Crippen molar-refractivity contribution in [1.82, 2.24) is 15.0 Å². The molecule has 0 aliphatic heterocycles. The number of benzene rings is 2. The van der Waals surface area contributed by atoms with E-state index >= 15 is 0 Å². The fourth-order valence-electron chi connectivity index (χ4n) is 2.51. The highest BCUT2D eigenvalue weighted by Crippen LogP contribution is 2.30. The highest BCUT2D eigenvalue weighted by Gasteiger charge is 2.30. The van der Waals surface area contributed by atoms with Gasteiger partial charge in [0.05, 0.1) is 5.56 Å². The number of alkyl halides is 3. The molecule has 0 aliphatic carbocycles. The Balaban J connectivity index is 1.49. The summed E-state index contributed by atoms with van der Waals surface area (Å²) in [5, 5.41) is 6.17. The van der Waals surface area contributed by atoms with Crippen LogP contribution < -0.4 is 10.1 Å². The number of ether oxygens (including phenoxy) is 1. The monoisotopic (exact) mass is 438 g/mol. The minimum Gasteiger partial charge on any atom is -0.481 e. The molecular weight excluding hydrogens is 420 g/mol. The van der Waals surface area contributed by atoms with Crippen molar-refractivity contribution in [1.29, 1.82) is 0 Å². The van der Waals surface area contributed by atoms with E-state index in [0.717, 1.165) is 12.1 Å². The molecule has 2 amide bonds. The number of likely N-dealkylation sites (N-methyl/N-ethyl adjacent to an activating group) is 1. The topological polar surface area (TPSA) is 80.5 Å². The van der Waals surface area contributed by atoms with E-state index in [1.54, 1.807) is 6.07 Å². The number of nitrogens with zero attached hydrogens (tertiary/aromatic N) is 3. The molecular formula is C20H18F4N4O3. The second-order valence-electron chi connectivity index (χ2n) is 6.50. The van der Waals surface area contributed by atoms with Gasteiger partial charge in [0.1, 0.15) is 0 Å². The quantitative estimate of drug-likeness (QED) is 0.549. The van der Waals surface area contributed by atoms with Gasteiger partial charge < -0.3 is 19.5 Å². The maximum atomic E-state index is 13.5. The van der Waals surface area contributed by atoms with Crippen LogP contribution in [0, 0.1) is 5.82 Å². The summed E-state index contributed by atoms with van der Waals surface area (Å²) < 4.78 is 62.1. The predicted octanol–water partition coefficient (Wildman–Crippen LogP) is 4.51. The Morgan fingerprint density at radius 1 is 1.19 bits per heavy atom. The first kappa shape index (κ1) is 22.1. The van der Waals surface area contributed by atoms with Gasteiger partial charge in [-0.3, -0.25) is 0 Å². The van der Waals surface area contributed by atoms with Crippen LogP contribution in [-0.4, -0.2) is 34.7 Å². The lowest BCUT2D eigenvalue weighted by atomic mass is 10.2. The lowest BCUT2D eigenvalue weighted by Gasteiger charge is -2.17. The zero-order valence-electron chi connectivity index (χ0n) is 16.3. The largest absolute Gasteiger partial charge is 0.481 e. The van der Waals surface area contributed by atoms with Crippen LogP contribution in [0.25, 0.3) is 0 Å². The number of aromatic nitrogens is 2. The highest BCUT2D eigenvalue weighted by molar-refractivity contribution is 5.89. The lowest BCUT2D eigenvalue weighted by molar-refractivity contribution is -0.137. The molecule has 3 aromatic rings. The van der Waals surface area contributed by atoms with Gasteiger partial charge >= 0.3 is 12.2 Å². The first-order valence-corrected chi connectivity index (χ1v) is 9.10. The lowest BCUT2D eigenvalue weighted by Crippen LogP contribution is -2.33. The molecule has 3 rings (SSSR count). The van der Waals surface area contributed by atoms with Crippen molar-refractivity contribution in [3.63, 3.8) is 0 Å². The van der Waals surface area contributed by atoms with E-state index in [4.69, 9.17) is 9.26 Å². The van der Waals surface area contributed by atoms with Gasteiger partial charge in [0.15, 0.2) is 24.0 Å². The van der Waals surface area contributed by atoms with Crippen LogP contribution in [0.5, 0.6) is 5.75 Å². The Kier molecular flexibility index (Phi) is 6.73. The van der Waals surface area contributed by atoms with Gasteiger partial charge in [-0.1, -0.05) is 23.4 Å². The Bertz CT molecular complexity index is 1040. The summed E-state index contributed by atoms with van der Waals surface area (Å²) in [7, 11) is 1.48. The van der Waals surface area contributed by atoms with Crippen LogP contribution in [0.3, 0.4) is 0 Å². The molecule has 0 atom stereocenters. The number of urea groups is 1. The van der Waals surface area contributed by atoms with Crippen LogP contribution in [-0.2, 0) is 19.2 Å². The number of rotatable bonds is 7. The summed E-state index contributed by atoms with van der Waals surface area (Å²) in [6.07, 6.45) is -4.27. The Labute approximate surface area is 174 Å². The number of amides is 2. The summed E-state index contributed by atoms with van der Waals surface area (Å²) in [5.41, 5.74) is -0.830. The van der Waals surface area contributed by atoms with Crippen molar-refractivity contribution in [3.05, 3.63) is 71.6 Å². The summed E-state index contributed by atoms with van der Waals surface area (Å²) in [4.78, 5) is 17.6. The number of hydrogen-bond acceptors (Lipinski definition) is 5. The van der Waals surface area contributed by atoms with Gasteiger partial charge in [0, 0.05) is 25.7 Å². The van der Waals surface area contributed by atoms with E-state index in [0.29, 0.717) is 5.82 Å². The summed E-state index contributed by atoms with van der Waals surface area (Å²) >= 11 is 0. The Hall–Kier alpha value is -3.63. The van der Waals surface area contributed by atoms with Crippen LogP contribution in [0.1, 0.15) is 17.3 Å². The fourth-order valence-corrected chi connectivity index (χ4v) is 2.51.